The molecule has 4 rings (SSSR count). The third-order valence-corrected chi connectivity index (χ3v) is 7.58. The van der Waals surface area contributed by atoms with Crippen molar-refractivity contribution in [3.05, 3.63) is 108 Å². The number of carbonyl (C=O) groups excluding carboxylic acids is 1. The van der Waals surface area contributed by atoms with E-state index in [4.69, 9.17) is 0 Å². The molecule has 1 unspecified atom stereocenters. The minimum absolute atomic E-state index is 0.154. The van der Waals surface area contributed by atoms with Gasteiger partial charge in [-0.25, -0.2) is 8.42 Å². The van der Waals surface area contributed by atoms with Gasteiger partial charge in [0.1, 0.15) is 6.04 Å². The Morgan fingerprint density at radius 3 is 2.03 bits per heavy atom. The molecule has 1 amide bonds. The van der Waals surface area contributed by atoms with Gasteiger partial charge in [-0.15, -0.1) is 0 Å². The van der Waals surface area contributed by atoms with E-state index >= 15 is 0 Å². The average molecular weight is 490 g/mol. The van der Waals surface area contributed by atoms with Gasteiger partial charge in [-0.1, -0.05) is 91.0 Å². The zero-order valence-electron chi connectivity index (χ0n) is 19.7. The van der Waals surface area contributed by atoms with Gasteiger partial charge in [-0.3, -0.25) is 9.69 Å². The Hall–Kier alpha value is -3.26. The number of nitrogens with one attached hydrogen (secondary N) is 1. The molecule has 182 valence electrons. The summed E-state index contributed by atoms with van der Waals surface area (Å²) >= 11 is 0. The predicted molar refractivity (Wildman–Crippen MR) is 139 cm³/mol. The van der Waals surface area contributed by atoms with Crippen LogP contribution in [0.5, 0.6) is 0 Å². The first-order chi connectivity index (χ1) is 17.0. The summed E-state index contributed by atoms with van der Waals surface area (Å²) in [5.41, 5.74) is 2.07. The number of nitrogens with zero attached hydrogens (tertiary/aromatic N) is 2. The maximum absolute atomic E-state index is 13.5. The number of rotatable bonds is 9. The fourth-order valence-electron chi connectivity index (χ4n) is 4.16. The molecule has 3 aromatic carbocycles. The summed E-state index contributed by atoms with van der Waals surface area (Å²) in [7, 11) is -3.83. The van der Waals surface area contributed by atoms with Gasteiger partial charge in [-0.05, 0) is 29.7 Å². The van der Waals surface area contributed by atoms with Crippen molar-refractivity contribution >= 4 is 22.0 Å². The molecule has 1 aliphatic rings. The van der Waals surface area contributed by atoms with Crippen molar-refractivity contribution in [1.29, 1.82) is 0 Å². The Morgan fingerprint density at radius 1 is 0.829 bits per heavy atom. The standard InChI is InChI=1S/C28H31N3O3S/c32-28(31-21-19-30(20-22-31)18-10-15-24-11-4-1-5-12-24)27(23-25-13-6-2-7-14-25)29-35(33,34)26-16-8-3-9-17-26/h1-17,27,29H,18-23H2/b15-10+. The molecule has 0 aromatic heterocycles. The molecule has 7 heteroatoms. The Morgan fingerprint density at radius 2 is 1.40 bits per heavy atom. The molecule has 0 saturated carbocycles. The first kappa shape index (κ1) is 24.9. The number of carbonyl (C=O) groups is 1. The summed E-state index contributed by atoms with van der Waals surface area (Å²) in [5, 5.41) is 0. The number of hydrogen-bond donors (Lipinski definition) is 1. The second-order valence-electron chi connectivity index (χ2n) is 8.62. The van der Waals surface area contributed by atoms with Crippen molar-refractivity contribution in [2.24, 2.45) is 0 Å². The van der Waals surface area contributed by atoms with Crippen LogP contribution in [0.4, 0.5) is 0 Å². The summed E-state index contributed by atoms with van der Waals surface area (Å²) in [4.78, 5) is 17.7. The van der Waals surface area contributed by atoms with Crippen molar-refractivity contribution in [2.75, 3.05) is 32.7 Å². The first-order valence-corrected chi connectivity index (χ1v) is 13.3. The molecule has 1 fully saturated rings. The number of hydrogen-bond acceptors (Lipinski definition) is 4. The van der Waals surface area contributed by atoms with Gasteiger partial charge in [-0.2, -0.15) is 4.72 Å². The van der Waals surface area contributed by atoms with Crippen LogP contribution in [-0.2, 0) is 21.2 Å². The first-order valence-electron chi connectivity index (χ1n) is 11.9. The molecule has 0 bridgehead atoms. The summed E-state index contributed by atoms with van der Waals surface area (Å²) < 4.78 is 28.7. The quantitative estimate of drug-likeness (QED) is 0.500. The van der Waals surface area contributed by atoms with Crippen LogP contribution in [0.3, 0.4) is 0 Å². The minimum Gasteiger partial charge on any atom is -0.339 e. The summed E-state index contributed by atoms with van der Waals surface area (Å²) in [6.45, 7) is 3.43. The van der Waals surface area contributed by atoms with Crippen LogP contribution in [0.1, 0.15) is 11.1 Å². The lowest BCUT2D eigenvalue weighted by atomic mass is 10.1. The third-order valence-electron chi connectivity index (χ3n) is 6.09. The second-order valence-corrected chi connectivity index (χ2v) is 10.3. The van der Waals surface area contributed by atoms with Gasteiger partial charge < -0.3 is 4.90 Å². The van der Waals surface area contributed by atoms with Gasteiger partial charge in [0, 0.05) is 32.7 Å². The maximum Gasteiger partial charge on any atom is 0.241 e. The number of sulfonamides is 1. The summed E-state index contributed by atoms with van der Waals surface area (Å²) in [5.74, 6) is -0.187. The fraction of sp³-hybridized carbons (Fsp3) is 0.250. The number of amides is 1. The van der Waals surface area contributed by atoms with Crippen molar-refractivity contribution in [3.8, 4) is 0 Å². The molecule has 0 radical (unpaired) electrons. The monoisotopic (exact) mass is 489 g/mol. The average Bonchev–Trinajstić information content (AvgIpc) is 2.90. The summed E-state index contributed by atoms with van der Waals surface area (Å²) in [6.07, 6.45) is 4.54. The highest BCUT2D eigenvalue weighted by Crippen LogP contribution is 2.14. The van der Waals surface area contributed by atoms with Crippen molar-refractivity contribution in [1.82, 2.24) is 14.5 Å². The van der Waals surface area contributed by atoms with E-state index in [1.54, 1.807) is 23.1 Å². The molecular formula is C28H31N3O3S. The third kappa shape index (κ3) is 7.11. The Bertz CT molecular complexity index is 1210. The highest BCUT2D eigenvalue weighted by molar-refractivity contribution is 7.89. The van der Waals surface area contributed by atoms with E-state index in [1.165, 1.54) is 12.1 Å². The number of benzene rings is 3. The van der Waals surface area contributed by atoms with E-state index < -0.39 is 16.1 Å². The van der Waals surface area contributed by atoms with Crippen molar-refractivity contribution < 1.29 is 13.2 Å². The lowest BCUT2D eigenvalue weighted by Gasteiger charge is -2.36. The van der Waals surface area contributed by atoms with Crippen LogP contribution < -0.4 is 4.72 Å². The lowest BCUT2D eigenvalue weighted by Crippen LogP contribution is -2.55. The van der Waals surface area contributed by atoms with Gasteiger partial charge in [0.2, 0.25) is 15.9 Å². The van der Waals surface area contributed by atoms with Crippen LogP contribution in [0, 0.1) is 0 Å². The van der Waals surface area contributed by atoms with Gasteiger partial charge in [0.05, 0.1) is 4.90 Å². The largest absolute Gasteiger partial charge is 0.339 e. The topological polar surface area (TPSA) is 69.7 Å². The Balaban J connectivity index is 1.40. The van der Waals surface area contributed by atoms with E-state index in [2.05, 4.69) is 33.9 Å². The van der Waals surface area contributed by atoms with Crippen molar-refractivity contribution in [2.45, 2.75) is 17.4 Å². The van der Waals surface area contributed by atoms with E-state index in [-0.39, 0.29) is 10.8 Å². The van der Waals surface area contributed by atoms with E-state index in [0.717, 1.165) is 30.8 Å². The zero-order valence-corrected chi connectivity index (χ0v) is 20.5. The SMILES string of the molecule is O=C(C(Cc1ccccc1)NS(=O)(=O)c1ccccc1)N1CCN(C/C=C/c2ccccc2)CC1. The molecule has 35 heavy (non-hydrogen) atoms. The smallest absolute Gasteiger partial charge is 0.241 e. The van der Waals surface area contributed by atoms with Crippen molar-refractivity contribution in [3.63, 3.8) is 0 Å². The molecule has 1 N–H and O–H groups in total. The molecule has 0 aliphatic carbocycles. The molecule has 1 saturated heterocycles. The molecular weight excluding hydrogens is 458 g/mol. The second kappa shape index (κ2) is 11.9. The number of piperazine rings is 1. The predicted octanol–water partition coefficient (Wildman–Crippen LogP) is 3.43. The van der Waals surface area contributed by atoms with Crippen LogP contribution in [-0.4, -0.2) is 62.9 Å². The van der Waals surface area contributed by atoms with E-state index in [0.29, 0.717) is 19.5 Å². The highest BCUT2D eigenvalue weighted by atomic mass is 32.2. The van der Waals surface area contributed by atoms with Gasteiger partial charge in [0.25, 0.3) is 0 Å². The normalized spacial score (nSPS) is 15.8. The van der Waals surface area contributed by atoms with Crippen LogP contribution >= 0.6 is 0 Å². The summed E-state index contributed by atoms with van der Waals surface area (Å²) in [6, 6.07) is 27.0. The molecule has 1 heterocycles. The molecule has 3 aromatic rings. The molecule has 1 atom stereocenters. The highest BCUT2D eigenvalue weighted by Gasteiger charge is 2.31. The fourth-order valence-corrected chi connectivity index (χ4v) is 5.37. The Labute approximate surface area is 207 Å². The Kier molecular flexibility index (Phi) is 8.47. The molecule has 6 nitrogen and oxygen atoms in total. The van der Waals surface area contributed by atoms with Gasteiger partial charge in [0.15, 0.2) is 0 Å². The maximum atomic E-state index is 13.5. The van der Waals surface area contributed by atoms with Crippen LogP contribution in [0.25, 0.3) is 6.08 Å². The minimum atomic E-state index is -3.83. The van der Waals surface area contributed by atoms with Crippen LogP contribution in [0.2, 0.25) is 0 Å². The lowest BCUT2D eigenvalue weighted by molar-refractivity contribution is -0.134. The van der Waals surface area contributed by atoms with Gasteiger partial charge >= 0.3 is 0 Å². The van der Waals surface area contributed by atoms with E-state index in [1.807, 2.05) is 48.5 Å². The van der Waals surface area contributed by atoms with Crippen LogP contribution in [0.15, 0.2) is 102 Å². The molecule has 1 aliphatic heterocycles. The molecule has 0 spiro atoms. The zero-order chi connectivity index (χ0) is 24.5. The van der Waals surface area contributed by atoms with E-state index in [9.17, 15) is 13.2 Å².